The summed E-state index contributed by atoms with van der Waals surface area (Å²) in [5.74, 6) is -1.17. The van der Waals surface area contributed by atoms with Crippen LogP contribution in [-0.2, 0) is 9.53 Å². The van der Waals surface area contributed by atoms with E-state index in [1.807, 2.05) is 0 Å². The van der Waals surface area contributed by atoms with Crippen molar-refractivity contribution in [1.82, 2.24) is 10.4 Å². The van der Waals surface area contributed by atoms with Crippen molar-refractivity contribution in [2.45, 2.75) is 20.8 Å². The molecule has 3 N–H and O–H groups in total. The number of aromatic nitrogens is 1. The predicted octanol–water partition coefficient (Wildman–Crippen LogP) is 1.19. The fraction of sp³-hybridized carbons (Fsp3) is 0.308. The Morgan fingerprint density at radius 1 is 1.45 bits per heavy atom. The maximum atomic E-state index is 11.7. The van der Waals surface area contributed by atoms with Crippen molar-refractivity contribution in [2.24, 2.45) is 5.10 Å². The summed E-state index contributed by atoms with van der Waals surface area (Å²) < 4.78 is 5.25. The van der Waals surface area contributed by atoms with Crippen molar-refractivity contribution in [3.8, 4) is 0 Å². The third-order valence-corrected chi connectivity index (χ3v) is 2.99. The van der Waals surface area contributed by atoms with Crippen molar-refractivity contribution < 1.29 is 19.4 Å². The molecule has 20 heavy (non-hydrogen) atoms. The topological polar surface area (TPSA) is 104 Å². The number of carboxylic acid groups (broad SMARTS) is 1. The number of rotatable bonds is 3. The van der Waals surface area contributed by atoms with Crippen LogP contribution < -0.4 is 5.43 Å². The van der Waals surface area contributed by atoms with Gasteiger partial charge in [0.15, 0.2) is 0 Å². The fourth-order valence-corrected chi connectivity index (χ4v) is 2.08. The van der Waals surface area contributed by atoms with Gasteiger partial charge in [0.25, 0.3) is 5.91 Å². The number of hydrogen-bond acceptors (Lipinski definition) is 4. The van der Waals surface area contributed by atoms with Crippen LogP contribution in [0.25, 0.3) is 6.08 Å². The first-order valence-corrected chi connectivity index (χ1v) is 6.11. The number of nitrogens with one attached hydrogen (secondary N) is 2. The lowest BCUT2D eigenvalue weighted by Crippen LogP contribution is -2.14. The summed E-state index contributed by atoms with van der Waals surface area (Å²) >= 11 is 0. The molecule has 1 aromatic rings. The van der Waals surface area contributed by atoms with Gasteiger partial charge in [-0.2, -0.15) is 0 Å². The lowest BCUT2D eigenvalue weighted by Gasteiger charge is -2.01. The van der Waals surface area contributed by atoms with Crippen molar-refractivity contribution in [3.05, 3.63) is 28.1 Å². The Bertz CT molecular complexity index is 640. The molecule has 0 bridgehead atoms. The number of amides is 1. The molecular formula is C13H15N3O4. The second kappa shape index (κ2) is 5.20. The number of hydrogen-bond donors (Lipinski definition) is 3. The quantitative estimate of drug-likeness (QED) is 0.722. The third-order valence-electron chi connectivity index (χ3n) is 2.99. The van der Waals surface area contributed by atoms with Crippen molar-refractivity contribution in [1.29, 1.82) is 0 Å². The van der Waals surface area contributed by atoms with Crippen molar-refractivity contribution in [3.63, 3.8) is 0 Å². The van der Waals surface area contributed by atoms with Gasteiger partial charge in [0, 0.05) is 11.4 Å². The van der Waals surface area contributed by atoms with Crippen molar-refractivity contribution >= 4 is 23.9 Å². The lowest BCUT2D eigenvalue weighted by atomic mass is 10.1. The molecule has 1 aliphatic heterocycles. The third kappa shape index (κ3) is 2.29. The SMILES string of the molecule is CCOC1=NNC(=O)C1=Cc1[nH]c(C)c(C(=O)O)c1C. The number of H-pyrrole nitrogens is 1. The summed E-state index contributed by atoms with van der Waals surface area (Å²) in [6.45, 7) is 5.53. The smallest absolute Gasteiger partial charge is 0.337 e. The van der Waals surface area contributed by atoms with E-state index in [1.165, 1.54) is 0 Å². The Labute approximate surface area is 115 Å². The zero-order valence-electron chi connectivity index (χ0n) is 11.4. The van der Waals surface area contributed by atoms with Crippen LogP contribution in [0, 0.1) is 13.8 Å². The standard InChI is InChI=1S/C13H15N3O4/c1-4-20-12-8(11(17)15-16-12)5-9-6(2)10(13(18)19)7(3)14-9/h5,14H,4H2,1-3H3,(H,15,17)(H,18,19). The molecule has 1 aliphatic rings. The minimum absolute atomic E-state index is 0.209. The number of nitrogens with zero attached hydrogens (tertiary/aromatic N) is 1. The van der Waals surface area contributed by atoms with Gasteiger partial charge in [-0.1, -0.05) is 0 Å². The van der Waals surface area contributed by atoms with Gasteiger partial charge in [0.1, 0.15) is 5.57 Å². The second-order valence-corrected chi connectivity index (χ2v) is 4.32. The van der Waals surface area contributed by atoms with E-state index in [0.29, 0.717) is 23.6 Å². The number of aryl methyl sites for hydroxylation is 1. The van der Waals surface area contributed by atoms with Crippen LogP contribution in [-0.4, -0.2) is 34.5 Å². The van der Waals surface area contributed by atoms with E-state index in [-0.39, 0.29) is 22.9 Å². The molecule has 106 valence electrons. The van der Waals surface area contributed by atoms with Gasteiger partial charge >= 0.3 is 5.97 Å². The van der Waals surface area contributed by atoms with E-state index in [2.05, 4.69) is 15.5 Å². The molecule has 0 saturated carbocycles. The Hall–Kier alpha value is -2.57. The Kier molecular flexibility index (Phi) is 3.60. The van der Waals surface area contributed by atoms with Gasteiger partial charge in [0.2, 0.25) is 5.90 Å². The largest absolute Gasteiger partial charge is 0.478 e. The highest BCUT2D eigenvalue weighted by Crippen LogP contribution is 2.21. The summed E-state index contributed by atoms with van der Waals surface area (Å²) in [5.41, 5.74) is 4.46. The molecule has 7 nitrogen and oxygen atoms in total. The first-order chi connectivity index (χ1) is 9.45. The minimum Gasteiger partial charge on any atom is -0.478 e. The van der Waals surface area contributed by atoms with Crippen LogP contribution in [0.3, 0.4) is 0 Å². The highest BCUT2D eigenvalue weighted by Gasteiger charge is 2.25. The first kappa shape index (κ1) is 13.9. The Morgan fingerprint density at radius 3 is 2.70 bits per heavy atom. The molecular weight excluding hydrogens is 262 g/mol. The minimum atomic E-state index is -1.00. The molecule has 1 aromatic heterocycles. The van der Waals surface area contributed by atoms with E-state index in [0.717, 1.165) is 0 Å². The molecule has 0 spiro atoms. The summed E-state index contributed by atoms with van der Waals surface area (Å²) in [7, 11) is 0. The molecule has 0 radical (unpaired) electrons. The zero-order valence-corrected chi connectivity index (χ0v) is 11.4. The number of carbonyl (C=O) groups excluding carboxylic acids is 1. The van der Waals surface area contributed by atoms with Crippen LogP contribution in [0.2, 0.25) is 0 Å². The average molecular weight is 277 g/mol. The number of ether oxygens (including phenoxy) is 1. The van der Waals surface area contributed by atoms with Gasteiger partial charge < -0.3 is 14.8 Å². The number of aromatic amines is 1. The van der Waals surface area contributed by atoms with E-state index < -0.39 is 5.97 Å². The number of aromatic carboxylic acids is 1. The van der Waals surface area contributed by atoms with Crippen LogP contribution >= 0.6 is 0 Å². The maximum absolute atomic E-state index is 11.7. The number of carboxylic acids is 1. The van der Waals surface area contributed by atoms with Crippen LogP contribution in [0.1, 0.15) is 34.2 Å². The van der Waals surface area contributed by atoms with Gasteiger partial charge in [-0.15, -0.1) is 5.10 Å². The van der Waals surface area contributed by atoms with E-state index in [9.17, 15) is 9.59 Å². The molecule has 2 heterocycles. The van der Waals surface area contributed by atoms with Crippen LogP contribution in [0.4, 0.5) is 0 Å². The second-order valence-electron chi connectivity index (χ2n) is 4.32. The normalized spacial score (nSPS) is 16.2. The lowest BCUT2D eigenvalue weighted by molar-refractivity contribution is -0.116. The Balaban J connectivity index is 2.45. The highest BCUT2D eigenvalue weighted by molar-refractivity contribution is 6.24. The number of hydrazone groups is 1. The summed E-state index contributed by atoms with van der Waals surface area (Å²) in [6, 6.07) is 0. The zero-order chi connectivity index (χ0) is 14.9. The first-order valence-electron chi connectivity index (χ1n) is 6.11. The van der Waals surface area contributed by atoms with Crippen LogP contribution in [0.5, 0.6) is 0 Å². The van der Waals surface area contributed by atoms with E-state index >= 15 is 0 Å². The summed E-state index contributed by atoms with van der Waals surface area (Å²) in [6.07, 6.45) is 1.55. The fourth-order valence-electron chi connectivity index (χ4n) is 2.08. The summed E-state index contributed by atoms with van der Waals surface area (Å²) in [4.78, 5) is 25.8. The van der Waals surface area contributed by atoms with Gasteiger partial charge in [-0.05, 0) is 32.4 Å². The monoisotopic (exact) mass is 277 g/mol. The molecule has 0 unspecified atom stereocenters. The Morgan fingerprint density at radius 2 is 2.15 bits per heavy atom. The van der Waals surface area contributed by atoms with Crippen molar-refractivity contribution in [2.75, 3.05) is 6.61 Å². The van der Waals surface area contributed by atoms with E-state index in [1.54, 1.807) is 26.8 Å². The number of carbonyl (C=O) groups is 2. The highest BCUT2D eigenvalue weighted by atomic mass is 16.5. The van der Waals surface area contributed by atoms with Gasteiger partial charge in [-0.25, -0.2) is 10.2 Å². The van der Waals surface area contributed by atoms with Gasteiger partial charge in [-0.3, -0.25) is 4.79 Å². The van der Waals surface area contributed by atoms with Gasteiger partial charge in [0.05, 0.1) is 12.2 Å². The molecule has 0 fully saturated rings. The molecule has 0 atom stereocenters. The molecule has 1 amide bonds. The molecule has 7 heteroatoms. The van der Waals surface area contributed by atoms with Crippen LogP contribution in [0.15, 0.2) is 10.7 Å². The summed E-state index contributed by atoms with van der Waals surface area (Å²) in [5, 5.41) is 12.9. The average Bonchev–Trinajstić information content (AvgIpc) is 2.84. The molecule has 0 aliphatic carbocycles. The predicted molar refractivity (Wildman–Crippen MR) is 72.4 cm³/mol. The molecule has 0 saturated heterocycles. The molecule has 0 aromatic carbocycles. The maximum Gasteiger partial charge on any atom is 0.337 e. The molecule has 2 rings (SSSR count). The van der Waals surface area contributed by atoms with E-state index in [4.69, 9.17) is 9.84 Å².